The summed E-state index contributed by atoms with van der Waals surface area (Å²) >= 11 is 0. The van der Waals surface area contributed by atoms with E-state index < -0.39 is 0 Å². The zero-order valence-corrected chi connectivity index (χ0v) is 13.9. The van der Waals surface area contributed by atoms with Crippen molar-refractivity contribution in [2.75, 3.05) is 0 Å². The standard InChI is InChI=1S/C19H31N/c1-14-11-15(2)13-17(12-14)19(20)9-6-7-16(8-10-19)18(3,4)5/h11-13,16H,6-10,20H2,1-5H3. The first-order valence-electron chi connectivity index (χ1n) is 8.08. The lowest BCUT2D eigenvalue weighted by atomic mass is 9.75. The summed E-state index contributed by atoms with van der Waals surface area (Å²) < 4.78 is 0. The maximum absolute atomic E-state index is 6.82. The molecular formula is C19H31N. The minimum Gasteiger partial charge on any atom is -0.321 e. The molecule has 0 aliphatic heterocycles. The van der Waals surface area contributed by atoms with E-state index in [9.17, 15) is 0 Å². The average Bonchev–Trinajstić information content (AvgIpc) is 2.50. The van der Waals surface area contributed by atoms with Crippen LogP contribution in [0, 0.1) is 25.2 Å². The molecule has 2 unspecified atom stereocenters. The summed E-state index contributed by atoms with van der Waals surface area (Å²) in [5.74, 6) is 0.804. The van der Waals surface area contributed by atoms with E-state index in [2.05, 4.69) is 52.8 Å². The third-order valence-electron chi connectivity index (χ3n) is 5.14. The van der Waals surface area contributed by atoms with Gasteiger partial charge in [-0.25, -0.2) is 0 Å². The molecule has 20 heavy (non-hydrogen) atoms. The Morgan fingerprint density at radius 1 is 1.00 bits per heavy atom. The number of benzene rings is 1. The lowest BCUT2D eigenvalue weighted by molar-refractivity contribution is 0.211. The summed E-state index contributed by atoms with van der Waals surface area (Å²) in [7, 11) is 0. The van der Waals surface area contributed by atoms with Crippen molar-refractivity contribution in [3.05, 3.63) is 34.9 Å². The quantitative estimate of drug-likeness (QED) is 0.709. The molecule has 0 radical (unpaired) electrons. The van der Waals surface area contributed by atoms with Gasteiger partial charge in [0.2, 0.25) is 0 Å². The normalized spacial score (nSPS) is 28.2. The predicted molar refractivity (Wildman–Crippen MR) is 87.8 cm³/mol. The highest BCUT2D eigenvalue weighted by atomic mass is 14.7. The Hall–Kier alpha value is -0.820. The second-order valence-electron chi connectivity index (χ2n) is 8.03. The van der Waals surface area contributed by atoms with Gasteiger partial charge in [0.1, 0.15) is 0 Å². The lowest BCUT2D eigenvalue weighted by Crippen LogP contribution is -2.36. The zero-order chi connectivity index (χ0) is 15.0. The van der Waals surface area contributed by atoms with Crippen molar-refractivity contribution in [2.45, 2.75) is 72.3 Å². The average molecular weight is 273 g/mol. The van der Waals surface area contributed by atoms with Crippen LogP contribution in [-0.4, -0.2) is 0 Å². The second kappa shape index (κ2) is 5.52. The van der Waals surface area contributed by atoms with Gasteiger partial charge in [0.15, 0.2) is 0 Å². The van der Waals surface area contributed by atoms with E-state index in [1.807, 2.05) is 0 Å². The topological polar surface area (TPSA) is 26.0 Å². The van der Waals surface area contributed by atoms with E-state index in [-0.39, 0.29) is 5.54 Å². The van der Waals surface area contributed by atoms with Gasteiger partial charge in [-0.3, -0.25) is 0 Å². The molecule has 0 amide bonds. The minimum atomic E-state index is -0.114. The lowest BCUT2D eigenvalue weighted by Gasteiger charge is -2.32. The third kappa shape index (κ3) is 3.44. The van der Waals surface area contributed by atoms with Gasteiger partial charge in [-0.05, 0) is 56.4 Å². The van der Waals surface area contributed by atoms with Crippen LogP contribution >= 0.6 is 0 Å². The summed E-state index contributed by atoms with van der Waals surface area (Å²) in [6, 6.07) is 6.83. The molecule has 0 bridgehead atoms. The monoisotopic (exact) mass is 273 g/mol. The SMILES string of the molecule is Cc1cc(C)cc(C2(N)CCCC(C(C)(C)C)CC2)c1. The van der Waals surface area contributed by atoms with E-state index >= 15 is 0 Å². The van der Waals surface area contributed by atoms with Crippen LogP contribution in [0.25, 0.3) is 0 Å². The first-order chi connectivity index (χ1) is 9.21. The fourth-order valence-electron chi connectivity index (χ4n) is 3.78. The van der Waals surface area contributed by atoms with Crippen molar-refractivity contribution in [1.82, 2.24) is 0 Å². The van der Waals surface area contributed by atoms with Gasteiger partial charge in [-0.2, -0.15) is 0 Å². The smallest absolute Gasteiger partial charge is 0.0409 e. The van der Waals surface area contributed by atoms with Gasteiger partial charge in [0.05, 0.1) is 0 Å². The van der Waals surface area contributed by atoms with Gasteiger partial charge in [0.25, 0.3) is 0 Å². The van der Waals surface area contributed by atoms with Crippen molar-refractivity contribution < 1.29 is 0 Å². The van der Waals surface area contributed by atoms with Crippen molar-refractivity contribution in [3.8, 4) is 0 Å². The molecule has 0 aromatic heterocycles. The van der Waals surface area contributed by atoms with E-state index in [4.69, 9.17) is 5.73 Å². The van der Waals surface area contributed by atoms with Crippen LogP contribution in [0.5, 0.6) is 0 Å². The molecule has 1 aliphatic carbocycles. The van der Waals surface area contributed by atoms with Gasteiger partial charge in [-0.1, -0.05) is 56.5 Å². The molecule has 1 aromatic rings. The summed E-state index contributed by atoms with van der Waals surface area (Å²) in [4.78, 5) is 0. The Morgan fingerprint density at radius 3 is 2.15 bits per heavy atom. The fourth-order valence-corrected chi connectivity index (χ4v) is 3.78. The molecule has 2 N–H and O–H groups in total. The molecule has 2 rings (SSSR count). The van der Waals surface area contributed by atoms with Crippen LogP contribution in [0.15, 0.2) is 18.2 Å². The Bertz CT molecular complexity index is 449. The summed E-state index contributed by atoms with van der Waals surface area (Å²) in [5, 5.41) is 0. The number of aryl methyl sites for hydroxylation is 2. The second-order valence-corrected chi connectivity index (χ2v) is 8.03. The summed E-state index contributed by atoms with van der Waals surface area (Å²) in [6.45, 7) is 11.5. The molecule has 1 saturated carbocycles. The number of rotatable bonds is 1. The molecular weight excluding hydrogens is 242 g/mol. The van der Waals surface area contributed by atoms with Crippen LogP contribution in [0.2, 0.25) is 0 Å². The van der Waals surface area contributed by atoms with Crippen LogP contribution in [0.3, 0.4) is 0 Å². The molecule has 1 aromatic carbocycles. The maximum Gasteiger partial charge on any atom is 0.0409 e. The van der Waals surface area contributed by atoms with E-state index in [0.29, 0.717) is 5.41 Å². The Balaban J connectivity index is 2.23. The van der Waals surface area contributed by atoms with Crippen LogP contribution in [0.1, 0.15) is 69.6 Å². The Morgan fingerprint density at radius 2 is 1.60 bits per heavy atom. The molecule has 0 spiro atoms. The van der Waals surface area contributed by atoms with E-state index in [1.54, 1.807) is 0 Å². The highest BCUT2D eigenvalue weighted by Crippen LogP contribution is 2.42. The zero-order valence-electron chi connectivity index (χ0n) is 13.9. The molecule has 2 atom stereocenters. The van der Waals surface area contributed by atoms with E-state index in [0.717, 1.165) is 18.8 Å². The van der Waals surface area contributed by atoms with Crippen molar-refractivity contribution in [2.24, 2.45) is 17.1 Å². The number of nitrogens with two attached hydrogens (primary N) is 1. The van der Waals surface area contributed by atoms with E-state index in [1.165, 1.54) is 36.0 Å². The fraction of sp³-hybridized carbons (Fsp3) is 0.684. The number of hydrogen-bond donors (Lipinski definition) is 1. The Labute approximate surface area is 125 Å². The largest absolute Gasteiger partial charge is 0.321 e. The van der Waals surface area contributed by atoms with Crippen molar-refractivity contribution in [1.29, 1.82) is 0 Å². The molecule has 0 saturated heterocycles. The van der Waals surface area contributed by atoms with Crippen molar-refractivity contribution in [3.63, 3.8) is 0 Å². The third-order valence-corrected chi connectivity index (χ3v) is 5.14. The number of hydrogen-bond acceptors (Lipinski definition) is 1. The van der Waals surface area contributed by atoms with Gasteiger partial charge in [0, 0.05) is 5.54 Å². The summed E-state index contributed by atoms with van der Waals surface area (Å²) in [6.07, 6.45) is 6.09. The molecule has 1 aliphatic rings. The molecule has 1 nitrogen and oxygen atoms in total. The van der Waals surface area contributed by atoms with Crippen molar-refractivity contribution >= 4 is 0 Å². The van der Waals surface area contributed by atoms with Crippen LogP contribution in [0.4, 0.5) is 0 Å². The first kappa shape index (κ1) is 15.6. The molecule has 112 valence electrons. The predicted octanol–water partition coefficient (Wildman–Crippen LogP) is 5.08. The highest BCUT2D eigenvalue weighted by molar-refractivity contribution is 5.33. The molecule has 1 heteroatoms. The molecule has 0 heterocycles. The first-order valence-corrected chi connectivity index (χ1v) is 8.08. The summed E-state index contributed by atoms with van der Waals surface area (Å²) in [5.41, 5.74) is 11.1. The molecule has 1 fully saturated rings. The highest BCUT2D eigenvalue weighted by Gasteiger charge is 2.34. The Kier molecular flexibility index (Phi) is 4.30. The van der Waals surface area contributed by atoms with Gasteiger partial charge < -0.3 is 5.73 Å². The van der Waals surface area contributed by atoms with Gasteiger partial charge >= 0.3 is 0 Å². The van der Waals surface area contributed by atoms with Gasteiger partial charge in [-0.15, -0.1) is 0 Å². The minimum absolute atomic E-state index is 0.114. The maximum atomic E-state index is 6.82. The van der Waals surface area contributed by atoms with Crippen LogP contribution < -0.4 is 5.73 Å². The van der Waals surface area contributed by atoms with Crippen LogP contribution in [-0.2, 0) is 5.54 Å².